The van der Waals surface area contributed by atoms with Gasteiger partial charge in [-0.1, -0.05) is 66.7 Å². The molecule has 0 aliphatic heterocycles. The first kappa shape index (κ1) is 22.8. The van der Waals surface area contributed by atoms with Crippen LogP contribution in [0.5, 0.6) is 0 Å². The fraction of sp³-hybridized carbons (Fsp3) is 0.0714. The molecule has 0 aliphatic rings. The minimum atomic E-state index is -0.424. The zero-order valence-electron chi connectivity index (χ0n) is 19.7. The molecule has 0 bridgehead atoms. The molecule has 0 saturated heterocycles. The summed E-state index contributed by atoms with van der Waals surface area (Å²) in [6.07, 6.45) is 1.54. The van der Waals surface area contributed by atoms with Crippen LogP contribution in [0.15, 0.2) is 93.9 Å². The van der Waals surface area contributed by atoms with Crippen molar-refractivity contribution in [3.63, 3.8) is 0 Å². The second-order valence-electron chi connectivity index (χ2n) is 8.21. The van der Waals surface area contributed by atoms with Crippen LogP contribution in [-0.4, -0.2) is 11.8 Å². The molecule has 2 heterocycles. The molecule has 0 spiro atoms. The van der Waals surface area contributed by atoms with E-state index in [0.717, 1.165) is 27.5 Å². The molecule has 5 aromatic rings. The number of hydrazine groups is 2. The van der Waals surface area contributed by atoms with E-state index in [4.69, 9.17) is 8.83 Å². The summed E-state index contributed by atoms with van der Waals surface area (Å²) in [7, 11) is 0. The third-order valence-corrected chi connectivity index (χ3v) is 5.90. The summed E-state index contributed by atoms with van der Waals surface area (Å²) in [5.41, 5.74) is 15.1. The predicted molar refractivity (Wildman–Crippen MR) is 138 cm³/mol. The first-order valence-electron chi connectivity index (χ1n) is 11.4. The highest BCUT2D eigenvalue weighted by Gasteiger charge is 2.18. The van der Waals surface area contributed by atoms with E-state index in [-0.39, 0.29) is 11.5 Å². The van der Waals surface area contributed by atoms with Crippen molar-refractivity contribution in [3.8, 4) is 0 Å². The van der Waals surface area contributed by atoms with Crippen molar-refractivity contribution >= 4 is 39.4 Å². The van der Waals surface area contributed by atoms with Gasteiger partial charge in [0.05, 0.1) is 5.70 Å². The van der Waals surface area contributed by atoms with Crippen LogP contribution in [0.1, 0.15) is 37.8 Å². The van der Waals surface area contributed by atoms with Gasteiger partial charge in [0.2, 0.25) is 0 Å². The van der Waals surface area contributed by atoms with Crippen LogP contribution < -0.4 is 21.7 Å². The summed E-state index contributed by atoms with van der Waals surface area (Å²) < 4.78 is 11.5. The van der Waals surface area contributed by atoms with E-state index in [1.54, 1.807) is 0 Å². The summed E-state index contributed by atoms with van der Waals surface area (Å²) in [5, 5.41) is 1.76. The molecule has 4 N–H and O–H groups in total. The Morgan fingerprint density at radius 1 is 0.639 bits per heavy atom. The van der Waals surface area contributed by atoms with Crippen molar-refractivity contribution in [1.29, 1.82) is 0 Å². The van der Waals surface area contributed by atoms with E-state index in [0.29, 0.717) is 16.9 Å². The van der Waals surface area contributed by atoms with Gasteiger partial charge in [-0.05, 0) is 26.0 Å². The van der Waals surface area contributed by atoms with Crippen molar-refractivity contribution in [3.05, 3.63) is 113 Å². The average molecular weight is 481 g/mol. The standard InChI is InChI=1S/C28H24N4O4/c1-17-20-12-6-8-14-23(20)35-25(17)27(33)31-29-16-22(19-10-4-3-5-11-19)30-32-28(34)26-18(2)21-13-7-9-15-24(21)36-26/h3-16,29-30H,1-2H3,(H,31,33)(H,32,34)/b22-16-. The number of aryl methyl sites for hydroxylation is 2. The number of furan rings is 2. The fourth-order valence-electron chi connectivity index (χ4n) is 4.00. The molecule has 3 aromatic carbocycles. The maximum absolute atomic E-state index is 12.9. The van der Waals surface area contributed by atoms with Crippen LogP contribution in [0.4, 0.5) is 0 Å². The third-order valence-electron chi connectivity index (χ3n) is 5.90. The van der Waals surface area contributed by atoms with Gasteiger partial charge in [0.1, 0.15) is 11.2 Å². The Hall–Kier alpha value is -4.98. The maximum atomic E-state index is 12.9. The Morgan fingerprint density at radius 3 is 1.69 bits per heavy atom. The number of para-hydroxylation sites is 2. The lowest BCUT2D eigenvalue weighted by molar-refractivity contribution is 0.0905. The van der Waals surface area contributed by atoms with Gasteiger partial charge in [0, 0.05) is 33.7 Å². The number of nitrogens with one attached hydrogen (secondary N) is 4. The molecule has 0 fully saturated rings. The van der Waals surface area contributed by atoms with E-state index in [2.05, 4.69) is 21.7 Å². The molecule has 0 saturated carbocycles. The van der Waals surface area contributed by atoms with Crippen molar-refractivity contribution in [1.82, 2.24) is 21.7 Å². The highest BCUT2D eigenvalue weighted by molar-refractivity contribution is 5.99. The van der Waals surface area contributed by atoms with E-state index in [1.807, 2.05) is 92.7 Å². The smallest absolute Gasteiger partial charge is 0.305 e. The van der Waals surface area contributed by atoms with Crippen LogP contribution >= 0.6 is 0 Å². The SMILES string of the molecule is Cc1c(C(=O)NN/C=C(\NNC(=O)c2oc3ccccc3c2C)c2ccccc2)oc2ccccc12. The first-order valence-corrected chi connectivity index (χ1v) is 11.4. The van der Waals surface area contributed by atoms with Crippen LogP contribution in [0.2, 0.25) is 0 Å². The largest absolute Gasteiger partial charge is 0.451 e. The van der Waals surface area contributed by atoms with E-state index < -0.39 is 11.8 Å². The molecule has 36 heavy (non-hydrogen) atoms. The third kappa shape index (κ3) is 4.39. The number of benzene rings is 3. The fourth-order valence-corrected chi connectivity index (χ4v) is 4.00. The molecule has 8 nitrogen and oxygen atoms in total. The van der Waals surface area contributed by atoms with Crippen LogP contribution in [0, 0.1) is 13.8 Å². The van der Waals surface area contributed by atoms with Gasteiger partial charge in [-0.15, -0.1) is 0 Å². The van der Waals surface area contributed by atoms with Gasteiger partial charge in [-0.3, -0.25) is 25.9 Å². The topological polar surface area (TPSA) is 109 Å². The highest BCUT2D eigenvalue weighted by atomic mass is 16.4. The van der Waals surface area contributed by atoms with E-state index in [9.17, 15) is 9.59 Å². The van der Waals surface area contributed by atoms with Gasteiger partial charge in [0.15, 0.2) is 11.5 Å². The Labute approximate surface area is 206 Å². The lowest BCUT2D eigenvalue weighted by Crippen LogP contribution is -2.39. The normalized spacial score (nSPS) is 11.4. The number of carbonyl (C=O) groups is 2. The maximum Gasteiger partial charge on any atom is 0.305 e. The van der Waals surface area contributed by atoms with Gasteiger partial charge in [0.25, 0.3) is 0 Å². The lowest BCUT2D eigenvalue weighted by atomic mass is 10.1. The highest BCUT2D eigenvalue weighted by Crippen LogP contribution is 2.25. The van der Waals surface area contributed by atoms with Crippen molar-refractivity contribution in [2.75, 3.05) is 0 Å². The van der Waals surface area contributed by atoms with Crippen molar-refractivity contribution in [2.45, 2.75) is 13.8 Å². The number of amides is 2. The number of hydrogen-bond acceptors (Lipinski definition) is 6. The Bertz CT molecular complexity index is 1600. The van der Waals surface area contributed by atoms with Gasteiger partial charge in [-0.2, -0.15) is 0 Å². The molecule has 8 heteroatoms. The molecule has 2 aromatic heterocycles. The quantitative estimate of drug-likeness (QED) is 0.245. The minimum Gasteiger partial charge on any atom is -0.451 e. The Balaban J connectivity index is 1.31. The number of carbonyl (C=O) groups excluding carboxylic acids is 2. The lowest BCUT2D eigenvalue weighted by Gasteiger charge is -2.13. The minimum absolute atomic E-state index is 0.220. The number of rotatable bonds is 7. The molecule has 0 radical (unpaired) electrons. The summed E-state index contributed by atoms with van der Waals surface area (Å²) in [6, 6.07) is 24.3. The van der Waals surface area contributed by atoms with Gasteiger partial charge < -0.3 is 14.3 Å². The molecule has 0 aliphatic carbocycles. The van der Waals surface area contributed by atoms with Crippen LogP contribution in [-0.2, 0) is 0 Å². The Kier molecular flexibility index (Phi) is 6.15. The Morgan fingerprint density at radius 2 is 1.14 bits per heavy atom. The zero-order valence-corrected chi connectivity index (χ0v) is 19.7. The molecule has 5 rings (SSSR count). The average Bonchev–Trinajstić information content (AvgIpc) is 3.43. The molecule has 180 valence electrons. The van der Waals surface area contributed by atoms with Gasteiger partial charge in [-0.25, -0.2) is 0 Å². The summed E-state index contributed by atoms with van der Waals surface area (Å²) in [5.74, 6) is -0.403. The second kappa shape index (κ2) is 9.71. The molecular formula is C28H24N4O4. The number of fused-ring (bicyclic) bond motifs is 2. The monoisotopic (exact) mass is 480 g/mol. The van der Waals surface area contributed by atoms with Crippen molar-refractivity contribution < 1.29 is 18.4 Å². The van der Waals surface area contributed by atoms with Crippen LogP contribution in [0.3, 0.4) is 0 Å². The summed E-state index contributed by atoms with van der Waals surface area (Å²) in [6.45, 7) is 3.68. The van der Waals surface area contributed by atoms with E-state index >= 15 is 0 Å². The molecule has 0 unspecified atom stereocenters. The zero-order chi connectivity index (χ0) is 25.1. The van der Waals surface area contributed by atoms with Gasteiger partial charge >= 0.3 is 11.8 Å². The van der Waals surface area contributed by atoms with Crippen molar-refractivity contribution in [2.24, 2.45) is 0 Å². The second-order valence-corrected chi connectivity index (χ2v) is 8.21. The molecule has 0 atom stereocenters. The van der Waals surface area contributed by atoms with E-state index in [1.165, 1.54) is 6.20 Å². The molecule has 2 amide bonds. The first-order chi connectivity index (χ1) is 17.5. The summed E-state index contributed by atoms with van der Waals surface area (Å²) >= 11 is 0. The number of hydrogen-bond donors (Lipinski definition) is 4. The predicted octanol–water partition coefficient (Wildman–Crippen LogP) is 4.96. The molecular weight excluding hydrogens is 456 g/mol. The summed E-state index contributed by atoms with van der Waals surface area (Å²) in [4.78, 5) is 25.6. The van der Waals surface area contributed by atoms with Crippen LogP contribution in [0.25, 0.3) is 27.6 Å².